The lowest BCUT2D eigenvalue weighted by molar-refractivity contribution is 0.264. The summed E-state index contributed by atoms with van der Waals surface area (Å²) in [7, 11) is 0. The highest BCUT2D eigenvalue weighted by Gasteiger charge is 2.36. The number of H-pyrrole nitrogens is 1. The number of aromatic amines is 1. The Kier molecular flexibility index (Phi) is 2.40. The van der Waals surface area contributed by atoms with Crippen LogP contribution in [0.2, 0.25) is 0 Å². The Balaban J connectivity index is 2.24. The van der Waals surface area contributed by atoms with Crippen LogP contribution < -0.4 is 0 Å². The van der Waals surface area contributed by atoms with Gasteiger partial charge in [0.05, 0.1) is 11.0 Å². The fourth-order valence-electron chi connectivity index (χ4n) is 3.17. The third-order valence-corrected chi connectivity index (χ3v) is 4.44. The molecule has 2 nitrogen and oxygen atoms in total. The van der Waals surface area contributed by atoms with E-state index in [1.165, 1.54) is 24.8 Å². The quantitative estimate of drug-likeness (QED) is 0.737. The van der Waals surface area contributed by atoms with Crippen molar-refractivity contribution in [3.8, 4) is 0 Å². The summed E-state index contributed by atoms with van der Waals surface area (Å²) in [5.41, 5.74) is 2.75. The molecule has 1 aliphatic rings. The molecule has 17 heavy (non-hydrogen) atoms. The topological polar surface area (TPSA) is 20.7 Å². The lowest BCUT2D eigenvalue weighted by Crippen LogP contribution is -2.21. The van der Waals surface area contributed by atoms with Gasteiger partial charge < -0.3 is 9.55 Å². The van der Waals surface area contributed by atoms with E-state index >= 15 is 0 Å². The summed E-state index contributed by atoms with van der Waals surface area (Å²) in [5, 5.41) is 0. The van der Waals surface area contributed by atoms with Crippen LogP contribution in [0.1, 0.15) is 39.2 Å². The molecule has 3 rings (SSSR count). The average molecular weight is 246 g/mol. The molecule has 0 bridgehead atoms. The van der Waals surface area contributed by atoms with E-state index in [4.69, 9.17) is 12.2 Å². The first-order chi connectivity index (χ1) is 8.09. The third kappa shape index (κ3) is 1.64. The number of hydrogen-bond acceptors (Lipinski definition) is 1. The molecule has 1 aliphatic carbocycles. The second-order valence-corrected chi connectivity index (χ2v) is 6.10. The van der Waals surface area contributed by atoms with Crippen LogP contribution in [0, 0.1) is 10.2 Å². The molecule has 1 unspecified atom stereocenters. The maximum absolute atomic E-state index is 5.50. The Bertz CT molecular complexity index is 606. The molecule has 1 aromatic carbocycles. The van der Waals surface area contributed by atoms with Gasteiger partial charge in [0, 0.05) is 6.04 Å². The smallest absolute Gasteiger partial charge is 0.178 e. The first-order valence-corrected chi connectivity index (χ1v) is 6.70. The van der Waals surface area contributed by atoms with Crippen molar-refractivity contribution in [2.45, 2.75) is 39.2 Å². The van der Waals surface area contributed by atoms with Gasteiger partial charge in [-0.15, -0.1) is 0 Å². The maximum atomic E-state index is 5.50. The summed E-state index contributed by atoms with van der Waals surface area (Å²) in [6.45, 7) is 4.71. The van der Waals surface area contributed by atoms with Gasteiger partial charge in [-0.3, -0.25) is 0 Å². The SMILES string of the molecule is CC1(C)CCCC1n1c(=S)[nH]c2ccccc21. The molecule has 0 radical (unpaired) electrons. The van der Waals surface area contributed by atoms with Crippen LogP contribution >= 0.6 is 12.2 Å². The number of nitrogens with zero attached hydrogens (tertiary/aromatic N) is 1. The van der Waals surface area contributed by atoms with Crippen molar-refractivity contribution in [2.75, 3.05) is 0 Å². The highest BCUT2D eigenvalue weighted by Crippen LogP contribution is 2.46. The molecular weight excluding hydrogens is 228 g/mol. The molecule has 1 heterocycles. The number of fused-ring (bicyclic) bond motifs is 1. The van der Waals surface area contributed by atoms with Crippen molar-refractivity contribution in [1.29, 1.82) is 0 Å². The van der Waals surface area contributed by atoms with Gasteiger partial charge in [-0.05, 0) is 42.6 Å². The minimum Gasteiger partial charge on any atom is -0.331 e. The van der Waals surface area contributed by atoms with E-state index in [-0.39, 0.29) is 0 Å². The van der Waals surface area contributed by atoms with E-state index in [1.54, 1.807) is 0 Å². The summed E-state index contributed by atoms with van der Waals surface area (Å²) >= 11 is 5.50. The van der Waals surface area contributed by atoms with Gasteiger partial charge in [-0.1, -0.05) is 32.4 Å². The molecule has 3 heteroatoms. The van der Waals surface area contributed by atoms with Gasteiger partial charge in [0.15, 0.2) is 4.77 Å². The molecule has 2 aromatic rings. The van der Waals surface area contributed by atoms with E-state index in [0.717, 1.165) is 10.3 Å². The van der Waals surface area contributed by atoms with Crippen molar-refractivity contribution in [3.63, 3.8) is 0 Å². The summed E-state index contributed by atoms with van der Waals surface area (Å²) in [4.78, 5) is 3.32. The summed E-state index contributed by atoms with van der Waals surface area (Å²) in [5.74, 6) is 0. The Morgan fingerprint density at radius 2 is 2.12 bits per heavy atom. The first-order valence-electron chi connectivity index (χ1n) is 6.29. The zero-order valence-corrected chi connectivity index (χ0v) is 11.2. The Hall–Kier alpha value is -1.09. The fourth-order valence-corrected chi connectivity index (χ4v) is 3.51. The van der Waals surface area contributed by atoms with Crippen molar-refractivity contribution in [2.24, 2.45) is 5.41 Å². The number of para-hydroxylation sites is 2. The predicted molar refractivity (Wildman–Crippen MR) is 73.8 cm³/mol. The van der Waals surface area contributed by atoms with Crippen LogP contribution in [0.15, 0.2) is 24.3 Å². The largest absolute Gasteiger partial charge is 0.331 e. The van der Waals surface area contributed by atoms with Gasteiger partial charge in [0.2, 0.25) is 0 Å². The Labute approximate surface area is 107 Å². The molecule has 1 aromatic heterocycles. The Morgan fingerprint density at radius 1 is 1.35 bits per heavy atom. The monoisotopic (exact) mass is 246 g/mol. The summed E-state index contributed by atoms with van der Waals surface area (Å²) in [6, 6.07) is 8.94. The Morgan fingerprint density at radius 3 is 2.82 bits per heavy atom. The standard InChI is InChI=1S/C14H18N2S/c1-14(2)9-5-8-12(14)16-11-7-4-3-6-10(11)15-13(16)17/h3-4,6-7,12H,5,8-9H2,1-2H3,(H,15,17). The van der Waals surface area contributed by atoms with E-state index in [9.17, 15) is 0 Å². The predicted octanol–water partition coefficient (Wildman–Crippen LogP) is 4.45. The van der Waals surface area contributed by atoms with E-state index in [0.29, 0.717) is 11.5 Å². The van der Waals surface area contributed by atoms with E-state index in [2.05, 4.69) is 47.7 Å². The normalized spacial score (nSPS) is 23.3. The van der Waals surface area contributed by atoms with Crippen molar-refractivity contribution in [1.82, 2.24) is 9.55 Å². The second-order valence-electron chi connectivity index (χ2n) is 5.71. The van der Waals surface area contributed by atoms with Gasteiger partial charge in [-0.25, -0.2) is 0 Å². The highest BCUT2D eigenvalue weighted by atomic mass is 32.1. The number of rotatable bonds is 1. The van der Waals surface area contributed by atoms with Gasteiger partial charge in [0.1, 0.15) is 0 Å². The first kappa shape index (κ1) is 11.0. The molecular formula is C14H18N2S. The molecule has 1 fully saturated rings. The molecule has 1 atom stereocenters. The lowest BCUT2D eigenvalue weighted by Gasteiger charge is -2.28. The van der Waals surface area contributed by atoms with Crippen LogP contribution in [0.25, 0.3) is 11.0 Å². The van der Waals surface area contributed by atoms with Crippen LogP contribution in [-0.2, 0) is 0 Å². The van der Waals surface area contributed by atoms with Crippen molar-refractivity contribution < 1.29 is 0 Å². The second kappa shape index (κ2) is 3.70. The van der Waals surface area contributed by atoms with Gasteiger partial charge >= 0.3 is 0 Å². The van der Waals surface area contributed by atoms with Crippen molar-refractivity contribution in [3.05, 3.63) is 29.0 Å². The molecule has 0 aliphatic heterocycles. The number of aromatic nitrogens is 2. The highest BCUT2D eigenvalue weighted by molar-refractivity contribution is 7.71. The van der Waals surface area contributed by atoms with Crippen LogP contribution in [0.5, 0.6) is 0 Å². The van der Waals surface area contributed by atoms with Crippen LogP contribution in [-0.4, -0.2) is 9.55 Å². The zero-order valence-electron chi connectivity index (χ0n) is 10.4. The van der Waals surface area contributed by atoms with E-state index < -0.39 is 0 Å². The number of benzene rings is 1. The van der Waals surface area contributed by atoms with Crippen LogP contribution in [0.3, 0.4) is 0 Å². The molecule has 0 spiro atoms. The maximum Gasteiger partial charge on any atom is 0.178 e. The molecule has 0 amide bonds. The average Bonchev–Trinajstić information content (AvgIpc) is 2.77. The summed E-state index contributed by atoms with van der Waals surface area (Å²) in [6.07, 6.45) is 3.83. The molecule has 0 saturated heterocycles. The fraction of sp³-hybridized carbons (Fsp3) is 0.500. The van der Waals surface area contributed by atoms with Crippen LogP contribution in [0.4, 0.5) is 0 Å². The van der Waals surface area contributed by atoms with E-state index in [1.807, 2.05) is 0 Å². The number of nitrogens with one attached hydrogen (secondary N) is 1. The summed E-state index contributed by atoms with van der Waals surface area (Å²) < 4.78 is 3.20. The molecule has 90 valence electrons. The number of imidazole rings is 1. The number of hydrogen-bond donors (Lipinski definition) is 1. The third-order valence-electron chi connectivity index (χ3n) is 4.14. The van der Waals surface area contributed by atoms with Gasteiger partial charge in [0.25, 0.3) is 0 Å². The minimum absolute atomic E-state index is 0.350. The minimum atomic E-state index is 0.350. The van der Waals surface area contributed by atoms with Gasteiger partial charge in [-0.2, -0.15) is 0 Å². The lowest BCUT2D eigenvalue weighted by atomic mass is 9.87. The molecule has 1 saturated carbocycles. The molecule has 1 N–H and O–H groups in total. The van der Waals surface area contributed by atoms with Crippen molar-refractivity contribution >= 4 is 23.3 Å². The zero-order chi connectivity index (χ0) is 12.0.